The summed E-state index contributed by atoms with van der Waals surface area (Å²) in [5.74, 6) is -0.225. The van der Waals surface area contributed by atoms with E-state index < -0.39 is 42.8 Å². The minimum Gasteiger partial charge on any atom is -0.498 e. The average Bonchev–Trinajstić information content (AvgIpc) is 2.84. The molecule has 35 heavy (non-hydrogen) atoms. The molecule has 0 spiro atoms. The molecule has 196 valence electrons. The third-order valence-corrected chi connectivity index (χ3v) is 5.30. The predicted octanol–water partition coefficient (Wildman–Crippen LogP) is 0.0826. The second-order valence-electron chi connectivity index (χ2n) is 7.95. The molecule has 5 N–H and O–H groups in total. The van der Waals surface area contributed by atoms with E-state index in [4.69, 9.17) is 30.5 Å². The highest BCUT2D eigenvalue weighted by Crippen LogP contribution is 2.20. The van der Waals surface area contributed by atoms with Crippen molar-refractivity contribution < 1.29 is 54.1 Å². The van der Waals surface area contributed by atoms with Crippen molar-refractivity contribution in [1.82, 2.24) is 0 Å². The molecule has 1 aliphatic rings. The Morgan fingerprint density at radius 2 is 1.69 bits per heavy atom. The minimum absolute atomic E-state index is 0.0488. The van der Waals surface area contributed by atoms with Crippen molar-refractivity contribution in [2.24, 2.45) is 0 Å². The lowest BCUT2D eigenvalue weighted by Crippen LogP contribution is -2.58. The number of aliphatic hydroxyl groups is 5. The summed E-state index contributed by atoms with van der Waals surface area (Å²) >= 11 is 5.78. The van der Waals surface area contributed by atoms with Crippen molar-refractivity contribution in [1.29, 1.82) is 0 Å². The lowest BCUT2D eigenvalue weighted by molar-refractivity contribution is -0.286. The van der Waals surface area contributed by atoms with E-state index in [9.17, 15) is 35.1 Å². The summed E-state index contributed by atoms with van der Waals surface area (Å²) in [6.45, 7) is -0.515. The zero-order valence-electron chi connectivity index (χ0n) is 18.9. The topological polar surface area (TPSA) is 172 Å². The van der Waals surface area contributed by atoms with Gasteiger partial charge in [0.2, 0.25) is 0 Å². The molecule has 1 saturated heterocycles. The number of allylic oxidation sites excluding steroid dienone is 1. The number of ketones is 1. The number of ether oxygens (including phenoxy) is 4. The molecule has 0 radical (unpaired) electrons. The van der Waals surface area contributed by atoms with E-state index in [1.54, 1.807) is 24.3 Å². The molecule has 1 aromatic carbocycles. The van der Waals surface area contributed by atoms with E-state index in [0.717, 1.165) is 6.26 Å². The zero-order valence-corrected chi connectivity index (χ0v) is 19.7. The summed E-state index contributed by atoms with van der Waals surface area (Å²) < 4.78 is 20.4. The van der Waals surface area contributed by atoms with Crippen LogP contribution in [-0.2, 0) is 23.8 Å². The van der Waals surface area contributed by atoms with Crippen LogP contribution in [0.1, 0.15) is 25.7 Å². The Labute approximate surface area is 207 Å². The predicted molar refractivity (Wildman–Crippen MR) is 121 cm³/mol. The molecule has 0 saturated carbocycles. The number of esters is 1. The maximum Gasteiger partial charge on any atom is 0.305 e. The fraction of sp³-hybridized carbons (Fsp3) is 0.565. The summed E-state index contributed by atoms with van der Waals surface area (Å²) in [5.41, 5.74) is 0. The molecule has 11 nitrogen and oxygen atoms in total. The number of halogens is 1. The summed E-state index contributed by atoms with van der Waals surface area (Å²) in [6, 6.07) is 6.61. The first-order valence-electron chi connectivity index (χ1n) is 11.1. The summed E-state index contributed by atoms with van der Waals surface area (Å²) in [5, 5.41) is 48.7. The molecule has 2 rings (SSSR count). The van der Waals surface area contributed by atoms with Gasteiger partial charge >= 0.3 is 5.97 Å². The van der Waals surface area contributed by atoms with Crippen LogP contribution in [0, 0.1) is 0 Å². The number of unbranched alkanes of at least 4 members (excludes halogenated alkanes) is 1. The first-order chi connectivity index (χ1) is 16.7. The van der Waals surface area contributed by atoms with Gasteiger partial charge in [0, 0.05) is 23.9 Å². The molecule has 1 aromatic rings. The third kappa shape index (κ3) is 10.5. The molecule has 0 aliphatic carbocycles. The van der Waals surface area contributed by atoms with Gasteiger partial charge in [-0.05, 0) is 37.1 Å². The van der Waals surface area contributed by atoms with E-state index in [1.807, 2.05) is 0 Å². The first kappa shape index (κ1) is 29.0. The molecular weight excluding hydrogens is 488 g/mol. The number of hydrogen-bond donors (Lipinski definition) is 5. The van der Waals surface area contributed by atoms with Crippen LogP contribution in [0.25, 0.3) is 0 Å². The maximum absolute atomic E-state index is 11.8. The lowest BCUT2D eigenvalue weighted by Gasteiger charge is -2.37. The summed E-state index contributed by atoms with van der Waals surface area (Å²) in [4.78, 5) is 23.6. The van der Waals surface area contributed by atoms with E-state index in [0.29, 0.717) is 23.6 Å². The largest absolute Gasteiger partial charge is 0.498 e. The van der Waals surface area contributed by atoms with E-state index in [-0.39, 0.29) is 38.4 Å². The maximum atomic E-state index is 11.8. The van der Waals surface area contributed by atoms with Gasteiger partial charge in [-0.15, -0.1) is 0 Å². The highest BCUT2D eigenvalue weighted by atomic mass is 35.5. The Hall–Kier alpha value is -2.25. The Morgan fingerprint density at radius 1 is 1.00 bits per heavy atom. The molecule has 1 aliphatic heterocycles. The average molecular weight is 519 g/mol. The van der Waals surface area contributed by atoms with Gasteiger partial charge in [0.05, 0.1) is 6.26 Å². The van der Waals surface area contributed by atoms with Crippen molar-refractivity contribution in [3.63, 3.8) is 0 Å². The van der Waals surface area contributed by atoms with Crippen LogP contribution in [0.15, 0.2) is 36.6 Å². The van der Waals surface area contributed by atoms with Crippen LogP contribution in [0.5, 0.6) is 5.75 Å². The summed E-state index contributed by atoms with van der Waals surface area (Å²) in [6.07, 6.45) is -5.04. The van der Waals surface area contributed by atoms with Crippen molar-refractivity contribution in [2.45, 2.75) is 62.5 Å². The van der Waals surface area contributed by atoms with Crippen LogP contribution < -0.4 is 4.74 Å². The van der Waals surface area contributed by atoms with Gasteiger partial charge in [-0.2, -0.15) is 0 Å². The summed E-state index contributed by atoms with van der Waals surface area (Å²) in [7, 11) is 0. The molecule has 12 heteroatoms. The van der Waals surface area contributed by atoms with Gasteiger partial charge in [0.25, 0.3) is 0 Å². The Morgan fingerprint density at radius 3 is 2.40 bits per heavy atom. The fourth-order valence-electron chi connectivity index (χ4n) is 3.03. The van der Waals surface area contributed by atoms with Gasteiger partial charge in [0.15, 0.2) is 12.1 Å². The van der Waals surface area contributed by atoms with Gasteiger partial charge in [-0.1, -0.05) is 11.6 Å². The number of carbonyl (C=O) groups is 2. The van der Waals surface area contributed by atoms with Crippen LogP contribution in [0.2, 0.25) is 5.02 Å². The third-order valence-electron chi connectivity index (χ3n) is 5.04. The lowest BCUT2D eigenvalue weighted by atomic mass is 9.99. The zero-order chi connectivity index (χ0) is 25.8. The van der Waals surface area contributed by atoms with E-state index in [1.165, 1.54) is 6.08 Å². The van der Waals surface area contributed by atoms with Crippen LogP contribution >= 0.6 is 11.6 Å². The van der Waals surface area contributed by atoms with Gasteiger partial charge < -0.3 is 44.5 Å². The monoisotopic (exact) mass is 518 g/mol. The highest BCUT2D eigenvalue weighted by Gasteiger charge is 2.43. The van der Waals surface area contributed by atoms with E-state index >= 15 is 0 Å². The SMILES string of the molecule is O=C(/C=C/OC[C@H]1OC(O)[C@H](O)[C@@H](O)[C@@H]1O)CCCCC(=O)OCC(O)COc1ccc(Cl)cc1. The Kier molecular flexibility index (Phi) is 12.4. The Balaban J connectivity index is 1.51. The molecular formula is C23H31ClO11. The van der Waals surface area contributed by atoms with Crippen molar-refractivity contribution in [3.8, 4) is 5.75 Å². The molecule has 0 aromatic heterocycles. The molecule has 1 heterocycles. The first-order valence-corrected chi connectivity index (χ1v) is 11.5. The minimum atomic E-state index is -1.66. The van der Waals surface area contributed by atoms with Gasteiger partial charge in [-0.25, -0.2) is 0 Å². The van der Waals surface area contributed by atoms with Crippen LogP contribution in [-0.4, -0.2) is 93.9 Å². The fourth-order valence-corrected chi connectivity index (χ4v) is 3.15. The van der Waals surface area contributed by atoms with Crippen LogP contribution in [0.3, 0.4) is 0 Å². The van der Waals surface area contributed by atoms with Gasteiger partial charge in [-0.3, -0.25) is 9.59 Å². The quantitative estimate of drug-likeness (QED) is 0.0976. The number of rotatable bonds is 14. The molecule has 0 bridgehead atoms. The number of aliphatic hydroxyl groups excluding tert-OH is 5. The second-order valence-corrected chi connectivity index (χ2v) is 8.38. The van der Waals surface area contributed by atoms with Gasteiger partial charge in [0.1, 0.15) is 56.1 Å². The van der Waals surface area contributed by atoms with Crippen LogP contribution in [0.4, 0.5) is 0 Å². The molecule has 0 amide bonds. The molecule has 1 fully saturated rings. The smallest absolute Gasteiger partial charge is 0.305 e. The molecule has 6 atom stereocenters. The number of carbonyl (C=O) groups excluding carboxylic acids is 2. The van der Waals surface area contributed by atoms with E-state index in [2.05, 4.69) is 0 Å². The van der Waals surface area contributed by atoms with Crippen molar-refractivity contribution in [2.75, 3.05) is 19.8 Å². The van der Waals surface area contributed by atoms with Crippen molar-refractivity contribution >= 4 is 23.4 Å². The second kappa shape index (κ2) is 15.0. The Bertz CT molecular complexity index is 816. The highest BCUT2D eigenvalue weighted by molar-refractivity contribution is 6.30. The standard InChI is InChI=1S/C23H31ClO11/c24-14-5-7-17(8-6-14)33-11-16(26)12-34-19(27)4-2-1-3-15(25)9-10-32-13-18-20(28)21(29)22(30)23(31)35-18/h5-10,16,18,20-23,26,28-31H,1-4,11-13H2/b10-9+/t16?,18-,20-,21+,22-,23?/m1/s1. The number of benzene rings is 1. The normalized spacial score (nSPS) is 25.3. The number of hydrogen-bond acceptors (Lipinski definition) is 11. The van der Waals surface area contributed by atoms with Crippen molar-refractivity contribution in [3.05, 3.63) is 41.6 Å². The molecule has 2 unspecified atom stereocenters.